The SMILES string of the molecule is COc1ccc(-c2ccccc2)cc1CSc1ccccc1C1=NCCCN1.O=CO. The molecule has 1 aliphatic heterocycles. The van der Waals surface area contributed by atoms with E-state index in [1.165, 1.54) is 27.1 Å². The van der Waals surface area contributed by atoms with Crippen LogP contribution in [-0.2, 0) is 10.5 Å². The van der Waals surface area contributed by atoms with Gasteiger partial charge in [0.1, 0.15) is 11.6 Å². The maximum atomic E-state index is 8.36. The number of carbonyl (C=O) groups is 1. The molecule has 31 heavy (non-hydrogen) atoms. The van der Waals surface area contributed by atoms with Crippen LogP contribution < -0.4 is 10.1 Å². The van der Waals surface area contributed by atoms with Crippen molar-refractivity contribution in [2.75, 3.05) is 20.2 Å². The van der Waals surface area contributed by atoms with Gasteiger partial charge >= 0.3 is 0 Å². The highest BCUT2D eigenvalue weighted by molar-refractivity contribution is 7.98. The normalized spacial score (nSPS) is 12.6. The summed E-state index contributed by atoms with van der Waals surface area (Å²) in [4.78, 5) is 14.3. The molecule has 0 aromatic heterocycles. The maximum Gasteiger partial charge on any atom is 0.290 e. The van der Waals surface area contributed by atoms with Crippen molar-refractivity contribution >= 4 is 24.1 Å². The van der Waals surface area contributed by atoms with Crippen LogP contribution in [-0.4, -0.2) is 37.6 Å². The summed E-state index contributed by atoms with van der Waals surface area (Å²) in [6, 6.07) is 25.4. The number of hydrogen-bond acceptors (Lipinski definition) is 5. The summed E-state index contributed by atoms with van der Waals surface area (Å²) in [5.41, 5.74) is 4.81. The highest BCUT2D eigenvalue weighted by Crippen LogP contribution is 2.33. The lowest BCUT2D eigenvalue weighted by Crippen LogP contribution is -2.30. The Kier molecular flexibility index (Phi) is 8.55. The minimum atomic E-state index is -0.250. The second kappa shape index (κ2) is 11.8. The molecule has 3 aromatic carbocycles. The third-order valence-corrected chi connectivity index (χ3v) is 5.93. The molecule has 0 radical (unpaired) electrons. The van der Waals surface area contributed by atoms with Crippen molar-refractivity contribution in [2.24, 2.45) is 4.99 Å². The smallest absolute Gasteiger partial charge is 0.290 e. The number of aliphatic imine (C=N–C) groups is 1. The number of nitrogens with one attached hydrogen (secondary N) is 1. The summed E-state index contributed by atoms with van der Waals surface area (Å²) in [5.74, 6) is 2.78. The number of carboxylic acid groups (broad SMARTS) is 1. The van der Waals surface area contributed by atoms with Crippen molar-refractivity contribution in [1.29, 1.82) is 0 Å². The van der Waals surface area contributed by atoms with Gasteiger partial charge in [0.05, 0.1) is 7.11 Å². The van der Waals surface area contributed by atoms with Crippen LogP contribution in [0, 0.1) is 0 Å². The molecular formula is C25H26N2O3S. The van der Waals surface area contributed by atoms with E-state index in [1.807, 2.05) is 17.8 Å². The first-order valence-corrected chi connectivity index (χ1v) is 11.1. The summed E-state index contributed by atoms with van der Waals surface area (Å²) >= 11 is 1.83. The minimum absolute atomic E-state index is 0.250. The van der Waals surface area contributed by atoms with E-state index in [0.717, 1.165) is 36.8 Å². The highest BCUT2D eigenvalue weighted by Gasteiger charge is 2.13. The van der Waals surface area contributed by atoms with Crippen LogP contribution in [0.2, 0.25) is 0 Å². The van der Waals surface area contributed by atoms with Gasteiger partial charge in [0.15, 0.2) is 0 Å². The Morgan fingerprint density at radius 2 is 1.81 bits per heavy atom. The average molecular weight is 435 g/mol. The van der Waals surface area contributed by atoms with Gasteiger partial charge in [-0.05, 0) is 35.7 Å². The van der Waals surface area contributed by atoms with Gasteiger partial charge in [-0.2, -0.15) is 0 Å². The third-order valence-electron chi connectivity index (χ3n) is 4.81. The Balaban J connectivity index is 0.000000858. The second-order valence-electron chi connectivity index (χ2n) is 6.79. The van der Waals surface area contributed by atoms with Gasteiger partial charge in [0, 0.05) is 34.9 Å². The summed E-state index contributed by atoms with van der Waals surface area (Å²) < 4.78 is 5.62. The molecule has 1 heterocycles. The minimum Gasteiger partial charge on any atom is -0.496 e. The van der Waals surface area contributed by atoms with E-state index in [4.69, 9.17) is 14.6 Å². The molecule has 5 nitrogen and oxygen atoms in total. The Hall–Kier alpha value is -3.25. The molecule has 6 heteroatoms. The van der Waals surface area contributed by atoms with Crippen LogP contribution in [0.5, 0.6) is 5.75 Å². The van der Waals surface area contributed by atoms with Crippen LogP contribution >= 0.6 is 11.8 Å². The molecule has 0 spiro atoms. The molecule has 0 saturated heterocycles. The fraction of sp³-hybridized carbons (Fsp3) is 0.200. The number of thioether (sulfide) groups is 1. The average Bonchev–Trinajstić information content (AvgIpc) is 2.84. The topological polar surface area (TPSA) is 70.9 Å². The fourth-order valence-corrected chi connectivity index (χ4v) is 4.39. The Morgan fingerprint density at radius 1 is 1.06 bits per heavy atom. The Bertz CT molecular complexity index is 1020. The summed E-state index contributed by atoms with van der Waals surface area (Å²) in [5, 5.41) is 10.3. The lowest BCUT2D eigenvalue weighted by molar-refractivity contribution is -0.122. The van der Waals surface area contributed by atoms with Gasteiger partial charge in [-0.25, -0.2) is 0 Å². The van der Waals surface area contributed by atoms with E-state index >= 15 is 0 Å². The van der Waals surface area contributed by atoms with E-state index in [0.29, 0.717) is 0 Å². The fourth-order valence-electron chi connectivity index (χ4n) is 3.36. The van der Waals surface area contributed by atoms with Gasteiger partial charge in [-0.15, -0.1) is 11.8 Å². The van der Waals surface area contributed by atoms with Gasteiger partial charge < -0.3 is 15.2 Å². The molecule has 0 amide bonds. The Labute approximate surface area is 187 Å². The zero-order valence-electron chi connectivity index (χ0n) is 17.5. The molecule has 0 atom stereocenters. The number of hydrogen-bond donors (Lipinski definition) is 2. The summed E-state index contributed by atoms with van der Waals surface area (Å²) in [6.07, 6.45) is 1.10. The number of benzene rings is 3. The molecule has 0 saturated carbocycles. The first-order valence-electron chi connectivity index (χ1n) is 10.1. The molecule has 0 unspecified atom stereocenters. The first-order chi connectivity index (χ1) is 15.3. The van der Waals surface area contributed by atoms with Gasteiger partial charge in [-0.1, -0.05) is 54.6 Å². The molecule has 0 aliphatic carbocycles. The number of rotatable bonds is 6. The quantitative estimate of drug-likeness (QED) is 0.417. The molecule has 1 aliphatic rings. The van der Waals surface area contributed by atoms with Gasteiger partial charge in [0.2, 0.25) is 0 Å². The van der Waals surface area contributed by atoms with Crippen LogP contribution in [0.4, 0.5) is 0 Å². The van der Waals surface area contributed by atoms with Crippen LogP contribution in [0.3, 0.4) is 0 Å². The van der Waals surface area contributed by atoms with Crippen molar-refractivity contribution in [3.8, 4) is 16.9 Å². The van der Waals surface area contributed by atoms with E-state index in [1.54, 1.807) is 7.11 Å². The molecule has 0 bridgehead atoms. The zero-order valence-corrected chi connectivity index (χ0v) is 18.3. The molecule has 2 N–H and O–H groups in total. The number of amidine groups is 1. The van der Waals surface area contributed by atoms with E-state index in [2.05, 4.69) is 77.0 Å². The molecule has 0 fully saturated rings. The maximum absolute atomic E-state index is 8.36. The second-order valence-corrected chi connectivity index (χ2v) is 7.81. The van der Waals surface area contributed by atoms with Gasteiger partial charge in [-0.3, -0.25) is 9.79 Å². The van der Waals surface area contributed by atoms with Crippen LogP contribution in [0.15, 0.2) is 82.7 Å². The molecule has 160 valence electrons. The lowest BCUT2D eigenvalue weighted by atomic mass is 10.0. The zero-order chi connectivity index (χ0) is 21.9. The number of ether oxygens (including phenoxy) is 1. The van der Waals surface area contributed by atoms with Crippen molar-refractivity contribution in [2.45, 2.75) is 17.1 Å². The van der Waals surface area contributed by atoms with Crippen molar-refractivity contribution in [3.63, 3.8) is 0 Å². The van der Waals surface area contributed by atoms with Crippen molar-refractivity contribution < 1.29 is 14.6 Å². The monoisotopic (exact) mass is 434 g/mol. The van der Waals surface area contributed by atoms with E-state index in [9.17, 15) is 0 Å². The number of nitrogens with zero attached hydrogens (tertiary/aromatic N) is 1. The Morgan fingerprint density at radius 3 is 2.52 bits per heavy atom. The van der Waals surface area contributed by atoms with E-state index < -0.39 is 0 Å². The van der Waals surface area contributed by atoms with Crippen LogP contribution in [0.25, 0.3) is 11.1 Å². The standard InChI is InChI=1S/C24H24N2OS.CH2O2/c1-27-22-13-12-19(18-8-3-2-4-9-18)16-20(22)17-28-23-11-6-5-10-21(23)24-25-14-7-15-26-24;2-1-3/h2-6,8-13,16H,7,14-15,17H2,1H3,(H,25,26);1H,(H,2,3). The van der Waals surface area contributed by atoms with Crippen LogP contribution in [0.1, 0.15) is 17.5 Å². The molecule has 4 rings (SSSR count). The van der Waals surface area contributed by atoms with Gasteiger partial charge in [0.25, 0.3) is 6.47 Å². The predicted molar refractivity (Wildman–Crippen MR) is 127 cm³/mol. The summed E-state index contributed by atoms with van der Waals surface area (Å²) in [6.45, 7) is 1.64. The lowest BCUT2D eigenvalue weighted by Gasteiger charge is -2.17. The summed E-state index contributed by atoms with van der Waals surface area (Å²) in [7, 11) is 1.74. The van der Waals surface area contributed by atoms with E-state index in [-0.39, 0.29) is 6.47 Å². The number of methoxy groups -OCH3 is 1. The highest BCUT2D eigenvalue weighted by atomic mass is 32.2. The predicted octanol–water partition coefficient (Wildman–Crippen LogP) is 5.10. The first kappa shape index (κ1) is 22.4. The largest absolute Gasteiger partial charge is 0.496 e. The molecular weight excluding hydrogens is 408 g/mol. The third kappa shape index (κ3) is 6.12. The molecule has 3 aromatic rings. The van der Waals surface area contributed by atoms with Crippen molar-refractivity contribution in [1.82, 2.24) is 5.32 Å². The van der Waals surface area contributed by atoms with Crippen molar-refractivity contribution in [3.05, 3.63) is 83.9 Å².